The molecule has 1 rings (SSSR count). The Morgan fingerprint density at radius 2 is 2.33 bits per heavy atom. The predicted molar refractivity (Wildman–Crippen MR) is 53.5 cm³/mol. The average Bonchev–Trinajstić information content (AvgIpc) is 2.20. The Morgan fingerprint density at radius 1 is 1.67 bits per heavy atom. The Hall–Kier alpha value is -2.22. The van der Waals surface area contributed by atoms with Gasteiger partial charge in [-0.25, -0.2) is 4.79 Å². The molecule has 1 unspecified atom stereocenters. The van der Waals surface area contributed by atoms with E-state index in [0.29, 0.717) is 5.69 Å². The van der Waals surface area contributed by atoms with E-state index < -0.39 is 12.1 Å². The quantitative estimate of drug-likeness (QED) is 0.725. The van der Waals surface area contributed by atoms with Gasteiger partial charge in [-0.05, 0) is 25.1 Å². The smallest absolute Gasteiger partial charge is 0.335 e. The van der Waals surface area contributed by atoms with E-state index in [1.54, 1.807) is 6.92 Å². The molecule has 15 heavy (non-hydrogen) atoms. The number of carboxylic acids is 1. The number of carbonyl (C=O) groups is 1. The van der Waals surface area contributed by atoms with Gasteiger partial charge in [0, 0.05) is 0 Å². The van der Waals surface area contributed by atoms with E-state index in [9.17, 15) is 4.79 Å². The highest BCUT2D eigenvalue weighted by Crippen LogP contribution is 2.23. The maximum atomic E-state index is 10.7. The first-order valence-corrected chi connectivity index (χ1v) is 4.23. The topological polar surface area (TPSA) is 96.3 Å². The van der Waals surface area contributed by atoms with Gasteiger partial charge in [0.05, 0.1) is 11.3 Å². The van der Waals surface area contributed by atoms with Gasteiger partial charge in [-0.3, -0.25) is 0 Å². The number of nitrogens with two attached hydrogens (primary N) is 1. The van der Waals surface area contributed by atoms with Crippen molar-refractivity contribution in [2.75, 3.05) is 5.73 Å². The van der Waals surface area contributed by atoms with Crippen LogP contribution in [0.2, 0.25) is 0 Å². The average molecular weight is 206 g/mol. The van der Waals surface area contributed by atoms with Crippen molar-refractivity contribution in [1.29, 1.82) is 5.26 Å². The molecule has 0 aliphatic carbocycles. The van der Waals surface area contributed by atoms with Crippen LogP contribution in [0.15, 0.2) is 18.2 Å². The Bertz CT molecular complexity index is 423. The molecular formula is C10H10N2O3. The molecule has 5 heteroatoms. The van der Waals surface area contributed by atoms with Gasteiger partial charge in [0.2, 0.25) is 0 Å². The van der Waals surface area contributed by atoms with E-state index >= 15 is 0 Å². The number of nitriles is 1. The van der Waals surface area contributed by atoms with Gasteiger partial charge in [0.15, 0.2) is 6.10 Å². The minimum atomic E-state index is -1.07. The Labute approximate surface area is 86.7 Å². The lowest BCUT2D eigenvalue weighted by atomic mass is 10.2. The van der Waals surface area contributed by atoms with Gasteiger partial charge in [0.1, 0.15) is 11.8 Å². The first kappa shape index (κ1) is 10.9. The molecule has 0 amide bonds. The van der Waals surface area contributed by atoms with Crippen molar-refractivity contribution in [1.82, 2.24) is 0 Å². The van der Waals surface area contributed by atoms with Crippen molar-refractivity contribution < 1.29 is 14.6 Å². The fourth-order valence-corrected chi connectivity index (χ4v) is 0.986. The molecule has 1 aromatic carbocycles. The molecule has 0 aliphatic heterocycles. The van der Waals surface area contributed by atoms with Crippen molar-refractivity contribution in [2.45, 2.75) is 13.0 Å². The van der Waals surface area contributed by atoms with Crippen molar-refractivity contribution >= 4 is 11.7 Å². The fourth-order valence-electron chi connectivity index (χ4n) is 0.986. The molecule has 0 aromatic heterocycles. The molecule has 0 fully saturated rings. The van der Waals surface area contributed by atoms with Crippen LogP contribution in [-0.2, 0) is 0 Å². The lowest BCUT2D eigenvalue weighted by Crippen LogP contribution is -2.10. The summed E-state index contributed by atoms with van der Waals surface area (Å²) in [4.78, 5) is 10.7. The molecule has 1 aromatic rings. The van der Waals surface area contributed by atoms with Crippen LogP contribution >= 0.6 is 0 Å². The van der Waals surface area contributed by atoms with Crippen molar-refractivity contribution in [3.8, 4) is 11.8 Å². The van der Waals surface area contributed by atoms with Crippen LogP contribution in [0.25, 0.3) is 0 Å². The summed E-state index contributed by atoms with van der Waals surface area (Å²) in [5, 5.41) is 17.3. The zero-order valence-corrected chi connectivity index (χ0v) is 8.10. The normalized spacial score (nSPS) is 11.5. The van der Waals surface area contributed by atoms with Gasteiger partial charge in [-0.15, -0.1) is 0 Å². The molecule has 5 nitrogen and oxygen atoms in total. The molecule has 0 heterocycles. The molecule has 0 saturated heterocycles. The second-order valence-electron chi connectivity index (χ2n) is 2.95. The number of hydrogen-bond donors (Lipinski definition) is 2. The molecule has 0 spiro atoms. The zero-order valence-electron chi connectivity index (χ0n) is 8.10. The van der Waals surface area contributed by atoms with Gasteiger partial charge in [0.25, 0.3) is 0 Å². The minimum absolute atomic E-state index is 0.0735. The number of ether oxygens (including phenoxy) is 1. The lowest BCUT2D eigenvalue weighted by Gasteiger charge is -2.10. The summed E-state index contributed by atoms with van der Waals surface area (Å²) in [5.41, 5.74) is 5.95. The third kappa shape index (κ3) is 2.61. The van der Waals surface area contributed by atoms with Crippen LogP contribution in [0.3, 0.4) is 0 Å². The van der Waals surface area contributed by atoms with E-state index in [1.165, 1.54) is 18.2 Å². The lowest BCUT2D eigenvalue weighted by molar-refractivity contribution is 0.0696. The maximum Gasteiger partial charge on any atom is 0.335 e. The van der Waals surface area contributed by atoms with E-state index in [2.05, 4.69) is 0 Å². The first-order chi connectivity index (χ1) is 7.04. The SMILES string of the molecule is CC(C#N)Oc1cc(C(=O)O)ccc1N. The van der Waals surface area contributed by atoms with Crippen LogP contribution < -0.4 is 10.5 Å². The van der Waals surface area contributed by atoms with Crippen LogP contribution in [0, 0.1) is 11.3 Å². The van der Waals surface area contributed by atoms with Crippen molar-refractivity contribution in [2.24, 2.45) is 0 Å². The van der Waals surface area contributed by atoms with Gasteiger partial charge < -0.3 is 15.6 Å². The summed E-state index contributed by atoms with van der Waals surface area (Å²) in [5.74, 6) is -0.853. The number of anilines is 1. The van der Waals surface area contributed by atoms with E-state index in [0.717, 1.165) is 0 Å². The molecule has 0 aliphatic rings. The molecule has 78 valence electrons. The summed E-state index contributed by atoms with van der Waals surface area (Å²) < 4.78 is 5.14. The summed E-state index contributed by atoms with van der Waals surface area (Å²) in [7, 11) is 0. The fraction of sp³-hybridized carbons (Fsp3) is 0.200. The van der Waals surface area contributed by atoms with Crippen LogP contribution in [0.5, 0.6) is 5.75 Å². The van der Waals surface area contributed by atoms with Crippen LogP contribution in [-0.4, -0.2) is 17.2 Å². The van der Waals surface area contributed by atoms with Crippen LogP contribution in [0.4, 0.5) is 5.69 Å². The largest absolute Gasteiger partial charge is 0.478 e. The molecule has 0 bridgehead atoms. The maximum absolute atomic E-state index is 10.7. The highest BCUT2D eigenvalue weighted by molar-refractivity contribution is 5.89. The van der Waals surface area contributed by atoms with Crippen LogP contribution in [0.1, 0.15) is 17.3 Å². The second-order valence-corrected chi connectivity index (χ2v) is 2.95. The standard InChI is InChI=1S/C10H10N2O3/c1-6(5-11)15-9-4-7(10(13)14)2-3-8(9)12/h2-4,6H,12H2,1H3,(H,13,14). The molecule has 1 atom stereocenters. The predicted octanol–water partition coefficient (Wildman–Crippen LogP) is 1.26. The Kier molecular flexibility index (Phi) is 3.13. The highest BCUT2D eigenvalue weighted by Gasteiger charge is 2.09. The van der Waals surface area contributed by atoms with Crippen molar-refractivity contribution in [3.05, 3.63) is 23.8 Å². The minimum Gasteiger partial charge on any atom is -0.478 e. The second kappa shape index (κ2) is 4.33. The molecule has 0 radical (unpaired) electrons. The number of carboxylic acid groups (broad SMARTS) is 1. The third-order valence-corrected chi connectivity index (χ3v) is 1.75. The van der Waals surface area contributed by atoms with Crippen molar-refractivity contribution in [3.63, 3.8) is 0 Å². The van der Waals surface area contributed by atoms with E-state index in [1.807, 2.05) is 6.07 Å². The summed E-state index contributed by atoms with van der Waals surface area (Å²) in [6, 6.07) is 5.97. The number of hydrogen-bond acceptors (Lipinski definition) is 4. The van der Waals surface area contributed by atoms with Gasteiger partial charge in [-0.2, -0.15) is 5.26 Å². The highest BCUT2D eigenvalue weighted by atomic mass is 16.5. The summed E-state index contributed by atoms with van der Waals surface area (Å²) in [6.07, 6.45) is -0.670. The number of aromatic carboxylic acids is 1. The zero-order chi connectivity index (χ0) is 11.4. The Balaban J connectivity index is 3.01. The van der Waals surface area contributed by atoms with E-state index in [4.69, 9.17) is 20.8 Å². The Morgan fingerprint density at radius 3 is 2.87 bits per heavy atom. The van der Waals surface area contributed by atoms with Gasteiger partial charge in [-0.1, -0.05) is 0 Å². The molecular weight excluding hydrogens is 196 g/mol. The number of rotatable bonds is 3. The van der Waals surface area contributed by atoms with E-state index in [-0.39, 0.29) is 11.3 Å². The van der Waals surface area contributed by atoms with Gasteiger partial charge >= 0.3 is 5.97 Å². The number of nitrogens with zero attached hydrogens (tertiary/aromatic N) is 1. The third-order valence-electron chi connectivity index (χ3n) is 1.75. The molecule has 0 saturated carbocycles. The monoisotopic (exact) mass is 206 g/mol. The first-order valence-electron chi connectivity index (χ1n) is 4.23. The summed E-state index contributed by atoms with van der Waals surface area (Å²) >= 11 is 0. The summed E-state index contributed by atoms with van der Waals surface area (Å²) in [6.45, 7) is 1.55. The number of benzene rings is 1. The molecule has 3 N–H and O–H groups in total. The number of nitrogen functional groups attached to an aromatic ring is 1.